The average molecular weight is 286 g/mol. The molecule has 0 saturated carbocycles. The molecule has 1 fully saturated rings. The molecular weight excluding hydrogens is 268 g/mol. The van der Waals surface area contributed by atoms with Crippen LogP contribution in [0.3, 0.4) is 0 Å². The summed E-state index contributed by atoms with van der Waals surface area (Å²) in [6.07, 6.45) is 3.15. The number of hydrogen-bond donors (Lipinski definition) is 2. The van der Waals surface area contributed by atoms with Crippen LogP contribution in [0.25, 0.3) is 0 Å². The zero-order chi connectivity index (χ0) is 13.9. The summed E-state index contributed by atoms with van der Waals surface area (Å²) in [7, 11) is -3.55. The molecule has 0 spiro atoms. The molecule has 1 aromatic rings. The van der Waals surface area contributed by atoms with Crippen LogP contribution in [0.15, 0.2) is 17.3 Å². The van der Waals surface area contributed by atoms with Crippen molar-refractivity contribution < 1.29 is 13.5 Å². The topological polar surface area (TPSA) is 95.4 Å². The molecule has 0 aliphatic carbocycles. The van der Waals surface area contributed by atoms with Gasteiger partial charge in [-0.05, 0) is 19.8 Å². The van der Waals surface area contributed by atoms with Crippen LogP contribution >= 0.6 is 0 Å². The fourth-order valence-corrected chi connectivity index (χ4v) is 3.29. The highest BCUT2D eigenvalue weighted by Gasteiger charge is 2.29. The summed E-state index contributed by atoms with van der Waals surface area (Å²) in [5.41, 5.74) is 0. The minimum atomic E-state index is -3.55. The van der Waals surface area contributed by atoms with Gasteiger partial charge in [-0.15, -0.1) is 0 Å². The number of nitrogens with one attached hydrogen (secondary N) is 1. The maximum absolute atomic E-state index is 12.3. The Hall–Kier alpha value is -1.25. The van der Waals surface area contributed by atoms with E-state index in [9.17, 15) is 13.5 Å². The highest BCUT2D eigenvalue weighted by molar-refractivity contribution is 7.89. The summed E-state index contributed by atoms with van der Waals surface area (Å²) in [4.78, 5) is 8.02. The number of sulfonamides is 1. The third kappa shape index (κ3) is 3.20. The Kier molecular flexibility index (Phi) is 4.33. The zero-order valence-electron chi connectivity index (χ0n) is 10.8. The number of hydrogen-bond acceptors (Lipinski definition) is 6. The first-order valence-electron chi connectivity index (χ1n) is 6.28. The van der Waals surface area contributed by atoms with Gasteiger partial charge in [-0.1, -0.05) is 0 Å². The van der Waals surface area contributed by atoms with Crippen LogP contribution in [0, 0.1) is 0 Å². The Bertz CT molecular complexity index is 509. The molecule has 0 bridgehead atoms. The second-order valence-electron chi connectivity index (χ2n) is 4.41. The van der Waals surface area contributed by atoms with Crippen molar-refractivity contribution in [2.45, 2.75) is 30.8 Å². The Morgan fingerprint density at radius 1 is 1.37 bits per heavy atom. The number of aliphatic hydroxyl groups excluding tert-OH is 1. The Balaban J connectivity index is 2.15. The van der Waals surface area contributed by atoms with Crippen LogP contribution in [0.5, 0.6) is 0 Å². The van der Waals surface area contributed by atoms with Gasteiger partial charge >= 0.3 is 0 Å². The van der Waals surface area contributed by atoms with Crippen molar-refractivity contribution in [2.24, 2.45) is 0 Å². The number of nitrogens with zero attached hydrogens (tertiary/aromatic N) is 3. The van der Waals surface area contributed by atoms with Crippen LogP contribution in [-0.2, 0) is 10.0 Å². The van der Waals surface area contributed by atoms with E-state index >= 15 is 0 Å². The van der Waals surface area contributed by atoms with Crippen molar-refractivity contribution in [1.82, 2.24) is 14.3 Å². The summed E-state index contributed by atoms with van der Waals surface area (Å²) in [5, 5.41) is 12.3. The van der Waals surface area contributed by atoms with Crippen molar-refractivity contribution in [2.75, 3.05) is 25.0 Å². The van der Waals surface area contributed by atoms with Crippen molar-refractivity contribution in [1.29, 1.82) is 0 Å². The van der Waals surface area contributed by atoms with Gasteiger partial charge in [-0.25, -0.2) is 18.4 Å². The minimum absolute atomic E-state index is 0.0885. The highest BCUT2D eigenvalue weighted by Crippen LogP contribution is 2.19. The molecule has 1 saturated heterocycles. The van der Waals surface area contributed by atoms with Crippen LogP contribution in [0.2, 0.25) is 0 Å². The molecule has 1 aliphatic heterocycles. The molecule has 0 amide bonds. The van der Waals surface area contributed by atoms with Gasteiger partial charge in [0.15, 0.2) is 0 Å². The molecule has 0 radical (unpaired) electrons. The molecule has 2 N–H and O–H groups in total. The summed E-state index contributed by atoms with van der Waals surface area (Å²) < 4.78 is 26.0. The Morgan fingerprint density at radius 3 is 2.47 bits per heavy atom. The van der Waals surface area contributed by atoms with Crippen molar-refractivity contribution in [3.63, 3.8) is 0 Å². The van der Waals surface area contributed by atoms with E-state index in [0.717, 1.165) is 0 Å². The molecule has 19 heavy (non-hydrogen) atoms. The van der Waals surface area contributed by atoms with E-state index in [1.807, 2.05) is 6.92 Å². The van der Waals surface area contributed by atoms with Gasteiger partial charge in [-0.2, -0.15) is 4.31 Å². The number of rotatable bonds is 4. The SMILES string of the molecule is CCNc1ncc(S(=O)(=O)N2CCC(O)CC2)cn1. The normalized spacial score (nSPS) is 18.4. The first-order chi connectivity index (χ1) is 9.04. The molecule has 0 unspecified atom stereocenters. The molecule has 8 heteroatoms. The summed E-state index contributed by atoms with van der Waals surface area (Å²) in [6.45, 7) is 3.25. The lowest BCUT2D eigenvalue weighted by Crippen LogP contribution is -2.40. The average Bonchev–Trinajstić information content (AvgIpc) is 2.40. The molecule has 0 aromatic carbocycles. The summed E-state index contributed by atoms with van der Waals surface area (Å²) >= 11 is 0. The van der Waals surface area contributed by atoms with Crippen LogP contribution < -0.4 is 5.32 Å². The van der Waals surface area contributed by atoms with Crippen LogP contribution in [0.1, 0.15) is 19.8 Å². The van der Waals surface area contributed by atoms with Gasteiger partial charge < -0.3 is 10.4 Å². The Morgan fingerprint density at radius 2 is 1.95 bits per heavy atom. The smallest absolute Gasteiger partial charge is 0.246 e. The monoisotopic (exact) mass is 286 g/mol. The maximum atomic E-state index is 12.3. The molecule has 7 nitrogen and oxygen atoms in total. The van der Waals surface area contributed by atoms with E-state index in [0.29, 0.717) is 38.4 Å². The van der Waals surface area contributed by atoms with Gasteiger partial charge in [0.2, 0.25) is 16.0 Å². The molecule has 2 heterocycles. The summed E-state index contributed by atoms with van der Waals surface area (Å²) in [6, 6.07) is 0. The van der Waals surface area contributed by atoms with Gasteiger partial charge in [0, 0.05) is 19.6 Å². The number of aromatic nitrogens is 2. The molecule has 2 rings (SSSR count). The predicted octanol–water partition coefficient (Wildman–Crippen LogP) is 0.0538. The lowest BCUT2D eigenvalue weighted by molar-refractivity contribution is 0.113. The quantitative estimate of drug-likeness (QED) is 0.812. The van der Waals surface area contributed by atoms with E-state index < -0.39 is 16.1 Å². The molecule has 1 aromatic heterocycles. The summed E-state index contributed by atoms with van der Waals surface area (Å²) in [5.74, 6) is 0.413. The predicted molar refractivity (Wildman–Crippen MR) is 70.2 cm³/mol. The van der Waals surface area contributed by atoms with Gasteiger partial charge in [0.1, 0.15) is 4.90 Å². The fraction of sp³-hybridized carbons (Fsp3) is 0.636. The number of anilines is 1. The van der Waals surface area contributed by atoms with Crippen molar-refractivity contribution in [3.05, 3.63) is 12.4 Å². The largest absolute Gasteiger partial charge is 0.393 e. The minimum Gasteiger partial charge on any atom is -0.393 e. The van der Waals surface area contributed by atoms with Crippen molar-refractivity contribution in [3.8, 4) is 0 Å². The van der Waals surface area contributed by atoms with Gasteiger partial charge in [-0.3, -0.25) is 0 Å². The van der Waals surface area contributed by atoms with E-state index in [1.54, 1.807) is 0 Å². The number of piperidine rings is 1. The standard InChI is InChI=1S/C11H18N4O3S/c1-2-12-11-13-7-10(8-14-11)19(17,18)15-5-3-9(16)4-6-15/h7-9,16H,2-6H2,1H3,(H,12,13,14). The third-order valence-corrected chi connectivity index (χ3v) is 4.88. The number of aliphatic hydroxyl groups is 1. The molecule has 1 aliphatic rings. The van der Waals surface area contributed by atoms with Crippen LogP contribution in [-0.4, -0.2) is 53.5 Å². The second kappa shape index (κ2) is 5.81. The first-order valence-corrected chi connectivity index (χ1v) is 7.72. The van der Waals surface area contributed by atoms with Crippen molar-refractivity contribution >= 4 is 16.0 Å². The first kappa shape index (κ1) is 14.2. The highest BCUT2D eigenvalue weighted by atomic mass is 32.2. The third-order valence-electron chi connectivity index (χ3n) is 3.02. The molecule has 0 atom stereocenters. The fourth-order valence-electron chi connectivity index (χ4n) is 1.93. The molecular formula is C11H18N4O3S. The van der Waals surface area contributed by atoms with E-state index in [-0.39, 0.29) is 4.90 Å². The van der Waals surface area contributed by atoms with E-state index in [2.05, 4.69) is 15.3 Å². The van der Waals surface area contributed by atoms with Gasteiger partial charge in [0.25, 0.3) is 0 Å². The lowest BCUT2D eigenvalue weighted by atomic mass is 10.1. The second-order valence-corrected chi connectivity index (χ2v) is 6.35. The maximum Gasteiger partial charge on any atom is 0.246 e. The van der Waals surface area contributed by atoms with Gasteiger partial charge in [0.05, 0.1) is 18.5 Å². The van der Waals surface area contributed by atoms with E-state index in [4.69, 9.17) is 0 Å². The zero-order valence-corrected chi connectivity index (χ0v) is 11.6. The Labute approximate surface area is 112 Å². The molecule has 106 valence electrons. The van der Waals surface area contributed by atoms with E-state index in [1.165, 1.54) is 16.7 Å². The van der Waals surface area contributed by atoms with Crippen LogP contribution in [0.4, 0.5) is 5.95 Å². The lowest BCUT2D eigenvalue weighted by Gasteiger charge is -2.28.